The van der Waals surface area contributed by atoms with Crippen molar-refractivity contribution < 1.29 is 14.7 Å². The molecule has 0 saturated carbocycles. The summed E-state index contributed by atoms with van der Waals surface area (Å²) in [5, 5.41) is 11.8. The second-order valence-electron chi connectivity index (χ2n) is 5.65. The van der Waals surface area contributed by atoms with E-state index in [1.165, 1.54) is 0 Å². The third-order valence-electron chi connectivity index (χ3n) is 3.71. The predicted molar refractivity (Wildman–Crippen MR) is 79.3 cm³/mol. The number of carboxylic acids is 1. The van der Waals surface area contributed by atoms with Gasteiger partial charge in [0, 0.05) is 18.7 Å². The summed E-state index contributed by atoms with van der Waals surface area (Å²) in [7, 11) is 0. The van der Waals surface area contributed by atoms with Gasteiger partial charge in [-0.3, -0.25) is 9.59 Å². The number of nitrogens with two attached hydrogens (primary N) is 1. The SMILES string of the molecule is CC(CNc1nc2c(cc1C(N)=O)CCCC2)CC(=O)O. The van der Waals surface area contributed by atoms with E-state index in [9.17, 15) is 9.59 Å². The zero-order chi connectivity index (χ0) is 15.4. The molecule has 1 heterocycles. The summed E-state index contributed by atoms with van der Waals surface area (Å²) in [6.07, 6.45) is 4.12. The van der Waals surface area contributed by atoms with E-state index >= 15 is 0 Å². The van der Waals surface area contributed by atoms with Crippen LogP contribution < -0.4 is 11.1 Å². The van der Waals surface area contributed by atoms with Crippen molar-refractivity contribution in [3.8, 4) is 0 Å². The van der Waals surface area contributed by atoms with Crippen molar-refractivity contribution in [2.24, 2.45) is 11.7 Å². The number of anilines is 1. The highest BCUT2D eigenvalue weighted by Gasteiger charge is 2.18. The van der Waals surface area contributed by atoms with Crippen molar-refractivity contribution in [1.82, 2.24) is 4.98 Å². The number of amides is 1. The van der Waals surface area contributed by atoms with Crippen LogP contribution in [0, 0.1) is 5.92 Å². The first kappa shape index (κ1) is 15.3. The average molecular weight is 291 g/mol. The molecule has 0 fully saturated rings. The predicted octanol–water partition coefficient (Wildman–Crippen LogP) is 1.58. The number of primary amides is 1. The number of carbonyl (C=O) groups is 2. The van der Waals surface area contributed by atoms with Gasteiger partial charge in [0.05, 0.1) is 5.56 Å². The van der Waals surface area contributed by atoms with E-state index in [1.807, 2.05) is 13.0 Å². The molecular formula is C15H21N3O3. The standard InChI is InChI=1S/C15H21N3O3/c1-9(6-13(19)20)8-17-15-11(14(16)21)7-10-4-2-3-5-12(10)18-15/h7,9H,2-6,8H2,1H3,(H2,16,21)(H,17,18)(H,19,20). The molecule has 0 aromatic carbocycles. The summed E-state index contributed by atoms with van der Waals surface area (Å²) < 4.78 is 0. The molecule has 4 N–H and O–H groups in total. The second-order valence-corrected chi connectivity index (χ2v) is 5.65. The van der Waals surface area contributed by atoms with Gasteiger partial charge in [-0.25, -0.2) is 4.98 Å². The maximum absolute atomic E-state index is 11.6. The topological polar surface area (TPSA) is 105 Å². The first-order valence-corrected chi connectivity index (χ1v) is 7.25. The van der Waals surface area contributed by atoms with Crippen LogP contribution in [0.15, 0.2) is 6.07 Å². The van der Waals surface area contributed by atoms with Crippen molar-refractivity contribution in [2.75, 3.05) is 11.9 Å². The van der Waals surface area contributed by atoms with Gasteiger partial charge in [-0.15, -0.1) is 0 Å². The molecule has 1 aromatic heterocycles. The molecule has 114 valence electrons. The minimum atomic E-state index is -0.835. The molecular weight excluding hydrogens is 270 g/mol. The molecule has 21 heavy (non-hydrogen) atoms. The molecule has 0 bridgehead atoms. The summed E-state index contributed by atoms with van der Waals surface area (Å²) in [5.41, 5.74) is 7.92. The molecule has 1 unspecified atom stereocenters. The van der Waals surface area contributed by atoms with Crippen LogP contribution in [0.2, 0.25) is 0 Å². The lowest BCUT2D eigenvalue weighted by molar-refractivity contribution is -0.137. The molecule has 1 aliphatic carbocycles. The third kappa shape index (κ3) is 3.93. The fraction of sp³-hybridized carbons (Fsp3) is 0.533. The molecule has 2 rings (SSSR count). The smallest absolute Gasteiger partial charge is 0.303 e. The summed E-state index contributed by atoms with van der Waals surface area (Å²) in [4.78, 5) is 26.8. The van der Waals surface area contributed by atoms with Crippen molar-refractivity contribution >= 4 is 17.7 Å². The number of aliphatic carboxylic acids is 1. The Balaban J connectivity index is 2.17. The Labute approximate surface area is 123 Å². The largest absolute Gasteiger partial charge is 0.481 e. The number of aryl methyl sites for hydroxylation is 2. The fourth-order valence-electron chi connectivity index (χ4n) is 2.60. The number of pyridine rings is 1. The van der Waals surface area contributed by atoms with Crippen LogP contribution in [0.3, 0.4) is 0 Å². The number of hydrogen-bond acceptors (Lipinski definition) is 4. The van der Waals surface area contributed by atoms with Crippen LogP contribution in [0.4, 0.5) is 5.82 Å². The minimum Gasteiger partial charge on any atom is -0.481 e. The van der Waals surface area contributed by atoms with E-state index in [0.717, 1.165) is 36.9 Å². The Bertz CT molecular complexity index is 557. The number of carbonyl (C=O) groups excluding carboxylic acids is 1. The van der Waals surface area contributed by atoms with E-state index in [1.54, 1.807) is 0 Å². The monoisotopic (exact) mass is 291 g/mol. The first-order chi connectivity index (χ1) is 9.97. The Morgan fingerprint density at radius 2 is 2.14 bits per heavy atom. The molecule has 6 nitrogen and oxygen atoms in total. The Morgan fingerprint density at radius 1 is 1.43 bits per heavy atom. The third-order valence-corrected chi connectivity index (χ3v) is 3.71. The highest BCUT2D eigenvalue weighted by Crippen LogP contribution is 2.24. The highest BCUT2D eigenvalue weighted by molar-refractivity contribution is 5.97. The van der Waals surface area contributed by atoms with E-state index in [-0.39, 0.29) is 12.3 Å². The lowest BCUT2D eigenvalue weighted by atomic mass is 9.94. The van der Waals surface area contributed by atoms with Gasteiger partial charge in [0.1, 0.15) is 5.82 Å². The van der Waals surface area contributed by atoms with Crippen molar-refractivity contribution in [3.63, 3.8) is 0 Å². The summed E-state index contributed by atoms with van der Waals surface area (Å²) in [6.45, 7) is 2.28. The van der Waals surface area contributed by atoms with Gasteiger partial charge in [0.25, 0.3) is 5.91 Å². The molecule has 0 saturated heterocycles. The molecule has 1 aromatic rings. The van der Waals surface area contributed by atoms with Gasteiger partial charge < -0.3 is 16.2 Å². The number of carboxylic acid groups (broad SMARTS) is 1. The molecule has 1 amide bonds. The zero-order valence-corrected chi connectivity index (χ0v) is 12.2. The number of nitrogens with one attached hydrogen (secondary N) is 1. The first-order valence-electron chi connectivity index (χ1n) is 7.25. The average Bonchev–Trinajstić information content (AvgIpc) is 2.43. The summed E-state index contributed by atoms with van der Waals surface area (Å²) in [6, 6.07) is 1.83. The van der Waals surface area contributed by atoms with Gasteiger partial charge in [-0.2, -0.15) is 0 Å². The number of fused-ring (bicyclic) bond motifs is 1. The van der Waals surface area contributed by atoms with Crippen LogP contribution >= 0.6 is 0 Å². The van der Waals surface area contributed by atoms with Crippen LogP contribution in [0.5, 0.6) is 0 Å². The zero-order valence-electron chi connectivity index (χ0n) is 12.2. The van der Waals surface area contributed by atoms with Crippen molar-refractivity contribution in [3.05, 3.63) is 22.9 Å². The van der Waals surface area contributed by atoms with Gasteiger partial charge in [0.2, 0.25) is 0 Å². The second kappa shape index (κ2) is 6.56. The van der Waals surface area contributed by atoms with Crippen molar-refractivity contribution in [1.29, 1.82) is 0 Å². The number of rotatable bonds is 6. The number of aromatic nitrogens is 1. The fourth-order valence-corrected chi connectivity index (χ4v) is 2.60. The van der Waals surface area contributed by atoms with Crippen molar-refractivity contribution in [2.45, 2.75) is 39.0 Å². The minimum absolute atomic E-state index is 0.0546. The number of nitrogens with zero attached hydrogens (tertiary/aromatic N) is 1. The lowest BCUT2D eigenvalue weighted by Gasteiger charge is -2.19. The number of hydrogen-bond donors (Lipinski definition) is 3. The molecule has 1 atom stereocenters. The molecule has 0 spiro atoms. The lowest BCUT2D eigenvalue weighted by Crippen LogP contribution is -2.21. The quantitative estimate of drug-likeness (QED) is 0.738. The Kier molecular flexibility index (Phi) is 4.77. The van der Waals surface area contributed by atoms with Gasteiger partial charge >= 0.3 is 5.97 Å². The Hall–Kier alpha value is -2.11. The summed E-state index contributed by atoms with van der Waals surface area (Å²) >= 11 is 0. The molecule has 1 aliphatic rings. The molecule has 6 heteroatoms. The highest BCUT2D eigenvalue weighted by atomic mass is 16.4. The van der Waals surface area contributed by atoms with Crippen LogP contribution in [-0.2, 0) is 17.6 Å². The maximum Gasteiger partial charge on any atom is 0.303 e. The van der Waals surface area contributed by atoms with Crippen LogP contribution in [0.1, 0.15) is 47.8 Å². The van der Waals surface area contributed by atoms with E-state index in [4.69, 9.17) is 10.8 Å². The molecule has 0 aliphatic heterocycles. The maximum atomic E-state index is 11.6. The van der Waals surface area contributed by atoms with E-state index in [0.29, 0.717) is 17.9 Å². The van der Waals surface area contributed by atoms with Gasteiger partial charge in [-0.05, 0) is 43.2 Å². The summed E-state index contributed by atoms with van der Waals surface area (Å²) in [5.74, 6) is -0.927. The Morgan fingerprint density at radius 3 is 2.81 bits per heavy atom. The van der Waals surface area contributed by atoms with Gasteiger partial charge in [0.15, 0.2) is 0 Å². The van der Waals surface area contributed by atoms with Crippen LogP contribution in [-0.4, -0.2) is 28.5 Å². The van der Waals surface area contributed by atoms with Gasteiger partial charge in [-0.1, -0.05) is 6.92 Å². The van der Waals surface area contributed by atoms with E-state index in [2.05, 4.69) is 10.3 Å². The normalized spacial score (nSPS) is 15.1. The van der Waals surface area contributed by atoms with E-state index < -0.39 is 11.9 Å². The van der Waals surface area contributed by atoms with Crippen LogP contribution in [0.25, 0.3) is 0 Å². The molecule has 0 radical (unpaired) electrons.